The van der Waals surface area contributed by atoms with Gasteiger partial charge in [0.05, 0.1) is 0 Å². The Kier molecular flexibility index (Phi) is 26.7. The molecule has 443 valence electrons. The summed E-state index contributed by atoms with van der Waals surface area (Å²) in [6, 6.07) is 69.9. The van der Waals surface area contributed by atoms with Gasteiger partial charge < -0.3 is 0 Å². The Morgan fingerprint density at radius 2 is 0.730 bits per heavy atom. The molecule has 10 aromatic carbocycles. The first-order valence-electron chi connectivity index (χ1n) is 28.4. The number of hydrogen-bond donors (Lipinski definition) is 0. The first-order chi connectivity index (χ1) is 42.1. The molecule has 1 aliphatic carbocycles. The molecule has 1 heterocycles. The molecule has 12 rings (SSSR count). The smallest absolute Gasteiger partial charge is 0.194 e. The molecule has 0 saturated carbocycles. The molecular formula is C78H68NO9Y-. The van der Waals surface area contributed by atoms with Gasteiger partial charge in [0.25, 0.3) is 0 Å². The fourth-order valence-electron chi connectivity index (χ4n) is 9.86. The molecule has 0 bridgehead atoms. The van der Waals surface area contributed by atoms with Gasteiger partial charge in [-0.1, -0.05) is 175 Å². The van der Waals surface area contributed by atoms with Gasteiger partial charge in [-0.15, -0.1) is 0 Å². The van der Waals surface area contributed by atoms with E-state index in [2.05, 4.69) is 17.1 Å². The molecule has 11 heteroatoms. The third-order valence-electron chi connectivity index (χ3n) is 14.0. The summed E-state index contributed by atoms with van der Waals surface area (Å²) in [5.74, 6) is 0.215. The predicted octanol–water partition coefficient (Wildman–Crippen LogP) is 17.6. The van der Waals surface area contributed by atoms with Crippen molar-refractivity contribution in [2.75, 3.05) is 0 Å². The minimum absolute atomic E-state index is 0. The topological polar surface area (TPSA) is 167 Å². The van der Waals surface area contributed by atoms with Gasteiger partial charge in [-0.05, 0) is 143 Å². The van der Waals surface area contributed by atoms with E-state index in [0.29, 0.717) is 33.4 Å². The van der Waals surface area contributed by atoms with Crippen LogP contribution >= 0.6 is 0 Å². The van der Waals surface area contributed by atoms with Crippen molar-refractivity contribution in [1.82, 2.24) is 4.98 Å². The second-order valence-electron chi connectivity index (χ2n) is 20.7. The van der Waals surface area contributed by atoms with Crippen LogP contribution in [0.5, 0.6) is 0 Å². The van der Waals surface area contributed by atoms with E-state index in [4.69, 9.17) is 0 Å². The zero-order valence-corrected chi connectivity index (χ0v) is 54.5. The van der Waals surface area contributed by atoms with Gasteiger partial charge >= 0.3 is 0 Å². The summed E-state index contributed by atoms with van der Waals surface area (Å²) in [5.41, 5.74) is 10.1. The maximum Gasteiger partial charge on any atom is 0.194 e. The van der Waals surface area contributed by atoms with Crippen LogP contribution in [-0.4, -0.2) is 57.0 Å². The molecule has 0 atom stereocenters. The molecule has 1 aromatic heterocycles. The Bertz CT molecular complexity index is 4180. The normalized spacial score (nSPS) is 10.4. The Balaban J connectivity index is 0.000000192. The van der Waals surface area contributed by atoms with E-state index in [1.165, 1.54) is 25.5 Å². The molecule has 0 fully saturated rings. The Morgan fingerprint density at radius 3 is 1.18 bits per heavy atom. The van der Waals surface area contributed by atoms with Gasteiger partial charge in [-0.2, -0.15) is 30.3 Å². The van der Waals surface area contributed by atoms with Crippen molar-refractivity contribution >= 4 is 84.4 Å². The van der Waals surface area contributed by atoms with Crippen molar-refractivity contribution in [2.45, 2.75) is 69.2 Å². The average Bonchev–Trinajstić information content (AvgIpc) is 1.83. The second-order valence-corrected chi connectivity index (χ2v) is 20.7. The summed E-state index contributed by atoms with van der Waals surface area (Å²) in [7, 11) is 0. The molecule has 1 aliphatic rings. The second kappa shape index (κ2) is 34.0. The molecule has 10 nitrogen and oxygen atoms in total. The number of hydrogen-bond acceptors (Lipinski definition) is 10. The number of rotatable bonds is 7. The summed E-state index contributed by atoms with van der Waals surface area (Å²) in [4.78, 5) is 106. The van der Waals surface area contributed by atoms with E-state index in [1.807, 2.05) is 154 Å². The van der Waals surface area contributed by atoms with Crippen LogP contribution in [0, 0.1) is 26.8 Å². The fraction of sp³-hybridized carbons (Fsp3) is 0.128. The maximum absolute atomic E-state index is 12.4. The van der Waals surface area contributed by atoms with E-state index in [9.17, 15) is 43.2 Å². The molecule has 0 amide bonds. The number of aryl methyl sites for hydroxylation is 3. The quantitative estimate of drug-likeness (QED) is 0.0851. The van der Waals surface area contributed by atoms with Crippen LogP contribution in [0.1, 0.15) is 170 Å². The van der Waals surface area contributed by atoms with Crippen molar-refractivity contribution in [2.24, 2.45) is 0 Å². The van der Waals surface area contributed by atoms with E-state index < -0.39 is 0 Å². The standard InChI is InChI=1S/C16H10O3.C16H12O.C12H10O.C11H14O.C8H8O.C8H7O.C7H7NO.Y/c1-9(17)10-6-7-13-14(8-10)16(19)12-5-3-2-4-11(12)15(13)18;1-11(17)16-14-8-4-2-6-12(14)10-13-7-3-5-9-15(13)16;1-9(13)11-8-4-6-10-5-2-3-7-12(10)11;1-7-5-8(2)11(10(4)12)9(3)6-7;2*1-7(9)8-5-3-2-4-6-8;1-6(9)7-2-4-8-5-3-7;/h2-8H,1H3;2-10H,1H3;2-8H,1H3;5-6H,1-4H3;2-6H,1H3;3-6H,1H3;2-5H,1H3;/q;;;;;-1;;. The molecule has 0 aliphatic heterocycles. The molecular weight excluding hydrogens is 1180 g/mol. The van der Waals surface area contributed by atoms with Gasteiger partial charge in [0.1, 0.15) is 5.78 Å². The Hall–Kier alpha value is -9.74. The number of ketones is 9. The zero-order valence-electron chi connectivity index (χ0n) is 51.6. The van der Waals surface area contributed by atoms with Crippen LogP contribution in [0.15, 0.2) is 231 Å². The minimum Gasteiger partial charge on any atom is -0.297 e. The zero-order chi connectivity index (χ0) is 64.0. The SMILES string of the molecule is CC(=O)c1c(C)cc(C)cc1C.CC(=O)c1c2ccccc2cc2ccccc12.CC(=O)c1cc[c-]cc1.CC(=O)c1ccc2c(c1)C(=O)c1ccccc1C2=O.CC(=O)c1cccc2ccccc12.CC(=O)c1ccccc1.CC(=O)c1ccncc1.[Y]. The van der Waals surface area contributed by atoms with Crippen LogP contribution in [-0.2, 0) is 32.7 Å². The molecule has 0 unspecified atom stereocenters. The maximum atomic E-state index is 12.4. The van der Waals surface area contributed by atoms with Crippen LogP contribution in [0.3, 0.4) is 0 Å². The van der Waals surface area contributed by atoms with Crippen molar-refractivity contribution in [3.05, 3.63) is 315 Å². The monoisotopic (exact) mass is 1250 g/mol. The first-order valence-corrected chi connectivity index (χ1v) is 28.4. The summed E-state index contributed by atoms with van der Waals surface area (Å²) >= 11 is 0. The molecule has 11 aromatic rings. The minimum atomic E-state index is -0.201. The van der Waals surface area contributed by atoms with Crippen molar-refractivity contribution < 1.29 is 75.9 Å². The third kappa shape index (κ3) is 19.4. The Morgan fingerprint density at radius 1 is 0.326 bits per heavy atom. The third-order valence-corrected chi connectivity index (χ3v) is 14.0. The van der Waals surface area contributed by atoms with E-state index in [0.717, 1.165) is 71.3 Å². The number of pyridine rings is 1. The number of carbonyl (C=O) groups is 9. The molecule has 0 N–H and O–H groups in total. The van der Waals surface area contributed by atoms with Crippen molar-refractivity contribution in [3.63, 3.8) is 0 Å². The van der Waals surface area contributed by atoms with E-state index >= 15 is 0 Å². The largest absolute Gasteiger partial charge is 0.297 e. The number of carbonyl (C=O) groups excluding carboxylic acids is 9. The van der Waals surface area contributed by atoms with E-state index in [1.54, 1.807) is 120 Å². The van der Waals surface area contributed by atoms with Crippen LogP contribution < -0.4 is 0 Å². The molecule has 0 saturated heterocycles. The predicted molar refractivity (Wildman–Crippen MR) is 352 cm³/mol. The molecule has 89 heavy (non-hydrogen) atoms. The van der Waals surface area contributed by atoms with Crippen LogP contribution in [0.2, 0.25) is 0 Å². The first kappa shape index (κ1) is 70.0. The molecule has 0 spiro atoms. The molecule has 1 radical (unpaired) electrons. The Labute approximate surface area is 545 Å². The van der Waals surface area contributed by atoms with Gasteiger partial charge in [0, 0.05) is 101 Å². The van der Waals surface area contributed by atoms with Gasteiger partial charge in [-0.3, -0.25) is 48.1 Å². The average molecular weight is 1250 g/mol. The number of Topliss-reactive ketones (excluding diaryl/α,β-unsaturated/α-hetero) is 7. The van der Waals surface area contributed by atoms with Gasteiger partial charge in [0.15, 0.2) is 46.3 Å². The van der Waals surface area contributed by atoms with Crippen molar-refractivity contribution in [3.8, 4) is 0 Å². The summed E-state index contributed by atoms with van der Waals surface area (Å²) in [6.45, 7) is 16.9. The summed E-state index contributed by atoms with van der Waals surface area (Å²) in [5, 5.41) is 6.48. The number of benzene rings is 10. The number of fused-ring (bicyclic) bond motifs is 5. The van der Waals surface area contributed by atoms with Crippen molar-refractivity contribution in [1.29, 1.82) is 0 Å². The summed E-state index contributed by atoms with van der Waals surface area (Å²) < 4.78 is 0. The number of aromatic nitrogens is 1. The fourth-order valence-corrected chi connectivity index (χ4v) is 9.86. The van der Waals surface area contributed by atoms with Crippen LogP contribution in [0.25, 0.3) is 32.3 Å². The van der Waals surface area contributed by atoms with Gasteiger partial charge in [-0.25, -0.2) is 0 Å². The number of nitrogens with zero attached hydrogens (tertiary/aromatic N) is 1. The van der Waals surface area contributed by atoms with Gasteiger partial charge in [0.2, 0.25) is 0 Å². The van der Waals surface area contributed by atoms with E-state index in [-0.39, 0.29) is 84.8 Å². The summed E-state index contributed by atoms with van der Waals surface area (Å²) in [6.07, 6.45) is 3.22. The van der Waals surface area contributed by atoms with Crippen LogP contribution in [0.4, 0.5) is 0 Å².